The second-order valence-electron chi connectivity index (χ2n) is 6.05. The van der Waals surface area contributed by atoms with E-state index in [2.05, 4.69) is 10.3 Å². The standard InChI is InChI=1S/C19H22N4O.HI/c20-19(22-17-9-5-2-6-10-17)21-12-16-11-18(24)23(14-16)13-15-7-3-1-4-8-15;/h1-10,16H,11-14H2,(H3,20,21,22);1H. The fourth-order valence-electron chi connectivity index (χ4n) is 2.87. The summed E-state index contributed by atoms with van der Waals surface area (Å²) in [5.74, 6) is 0.793. The minimum absolute atomic E-state index is 0. The van der Waals surface area contributed by atoms with Gasteiger partial charge in [-0.15, -0.1) is 24.0 Å². The highest BCUT2D eigenvalue weighted by Gasteiger charge is 2.29. The number of para-hydroxylation sites is 1. The van der Waals surface area contributed by atoms with E-state index in [1.165, 1.54) is 0 Å². The molecule has 0 saturated carbocycles. The van der Waals surface area contributed by atoms with Crippen molar-refractivity contribution in [2.45, 2.75) is 13.0 Å². The van der Waals surface area contributed by atoms with Gasteiger partial charge in [-0.2, -0.15) is 0 Å². The SMILES string of the molecule is I.NC(=NCC1CC(=O)N(Cc2ccccc2)C1)Nc1ccccc1. The lowest BCUT2D eigenvalue weighted by Crippen LogP contribution is -2.26. The number of nitrogens with two attached hydrogens (primary N) is 1. The van der Waals surface area contributed by atoms with Gasteiger partial charge in [0.05, 0.1) is 0 Å². The first kappa shape index (κ1) is 19.2. The Kier molecular flexibility index (Phi) is 7.24. The highest BCUT2D eigenvalue weighted by atomic mass is 127. The van der Waals surface area contributed by atoms with Gasteiger partial charge in [-0.3, -0.25) is 9.79 Å². The molecular weight excluding hydrogens is 427 g/mol. The van der Waals surface area contributed by atoms with E-state index in [0.29, 0.717) is 25.5 Å². The van der Waals surface area contributed by atoms with Crippen LogP contribution in [-0.4, -0.2) is 29.9 Å². The lowest BCUT2D eigenvalue weighted by Gasteiger charge is -2.16. The van der Waals surface area contributed by atoms with E-state index in [9.17, 15) is 4.79 Å². The fourth-order valence-corrected chi connectivity index (χ4v) is 2.87. The summed E-state index contributed by atoms with van der Waals surface area (Å²) in [6, 6.07) is 19.7. The highest BCUT2D eigenvalue weighted by molar-refractivity contribution is 14.0. The van der Waals surface area contributed by atoms with Gasteiger partial charge in [-0.1, -0.05) is 48.5 Å². The maximum absolute atomic E-state index is 12.2. The van der Waals surface area contributed by atoms with E-state index in [4.69, 9.17) is 5.73 Å². The Labute approximate surface area is 165 Å². The van der Waals surface area contributed by atoms with Gasteiger partial charge in [0.25, 0.3) is 0 Å². The van der Waals surface area contributed by atoms with Crippen LogP contribution in [0.2, 0.25) is 0 Å². The van der Waals surface area contributed by atoms with Crippen LogP contribution < -0.4 is 11.1 Å². The molecule has 2 aromatic carbocycles. The van der Waals surface area contributed by atoms with Crippen LogP contribution in [-0.2, 0) is 11.3 Å². The molecule has 1 fully saturated rings. The maximum Gasteiger partial charge on any atom is 0.223 e. The molecule has 0 aliphatic carbocycles. The molecule has 25 heavy (non-hydrogen) atoms. The van der Waals surface area contributed by atoms with Gasteiger partial charge in [-0.25, -0.2) is 0 Å². The first-order valence-electron chi connectivity index (χ1n) is 8.14. The molecule has 0 spiro atoms. The van der Waals surface area contributed by atoms with E-state index in [0.717, 1.165) is 17.8 Å². The third kappa shape index (κ3) is 5.74. The van der Waals surface area contributed by atoms with Crippen molar-refractivity contribution < 1.29 is 4.79 Å². The monoisotopic (exact) mass is 450 g/mol. The van der Waals surface area contributed by atoms with E-state index >= 15 is 0 Å². The van der Waals surface area contributed by atoms with Crippen LogP contribution >= 0.6 is 24.0 Å². The molecule has 2 aromatic rings. The molecule has 0 aromatic heterocycles. The number of guanidine groups is 1. The summed E-state index contributed by atoms with van der Waals surface area (Å²) in [4.78, 5) is 18.4. The first-order valence-corrected chi connectivity index (χ1v) is 8.14. The average molecular weight is 450 g/mol. The number of carbonyl (C=O) groups is 1. The van der Waals surface area contributed by atoms with Crippen molar-refractivity contribution in [2.24, 2.45) is 16.6 Å². The van der Waals surface area contributed by atoms with Gasteiger partial charge >= 0.3 is 0 Å². The molecule has 1 heterocycles. The molecule has 1 atom stereocenters. The Bertz CT molecular complexity index is 706. The van der Waals surface area contributed by atoms with Gasteiger partial charge in [0.1, 0.15) is 0 Å². The number of benzene rings is 2. The zero-order valence-corrected chi connectivity index (χ0v) is 16.3. The molecule has 1 aliphatic rings. The Hall–Kier alpha value is -2.09. The number of anilines is 1. The summed E-state index contributed by atoms with van der Waals surface area (Å²) < 4.78 is 0. The third-order valence-electron chi connectivity index (χ3n) is 4.08. The lowest BCUT2D eigenvalue weighted by molar-refractivity contribution is -0.128. The molecule has 1 saturated heterocycles. The Morgan fingerprint density at radius 3 is 2.44 bits per heavy atom. The number of amides is 1. The largest absolute Gasteiger partial charge is 0.370 e. The second-order valence-corrected chi connectivity index (χ2v) is 6.05. The summed E-state index contributed by atoms with van der Waals surface area (Å²) in [5.41, 5.74) is 7.98. The summed E-state index contributed by atoms with van der Waals surface area (Å²) >= 11 is 0. The molecule has 3 rings (SSSR count). The molecule has 1 amide bonds. The zero-order valence-electron chi connectivity index (χ0n) is 14.0. The summed E-state index contributed by atoms with van der Waals surface area (Å²) in [7, 11) is 0. The predicted molar refractivity (Wildman–Crippen MR) is 112 cm³/mol. The third-order valence-corrected chi connectivity index (χ3v) is 4.08. The van der Waals surface area contributed by atoms with Gasteiger partial charge in [-0.05, 0) is 17.7 Å². The van der Waals surface area contributed by atoms with Crippen molar-refractivity contribution in [3.8, 4) is 0 Å². The van der Waals surface area contributed by atoms with Crippen LogP contribution in [0.5, 0.6) is 0 Å². The minimum Gasteiger partial charge on any atom is -0.370 e. The lowest BCUT2D eigenvalue weighted by atomic mass is 10.1. The fraction of sp³-hybridized carbons (Fsp3) is 0.263. The van der Waals surface area contributed by atoms with E-state index in [1.807, 2.05) is 65.6 Å². The van der Waals surface area contributed by atoms with Gasteiger partial charge in [0, 0.05) is 37.7 Å². The molecule has 0 bridgehead atoms. The zero-order chi connectivity index (χ0) is 16.8. The minimum atomic E-state index is 0. The van der Waals surface area contributed by atoms with Crippen molar-refractivity contribution in [3.05, 3.63) is 66.2 Å². The molecular formula is C19H23IN4O. The van der Waals surface area contributed by atoms with Crippen molar-refractivity contribution in [1.29, 1.82) is 0 Å². The number of aliphatic imine (C=N–C) groups is 1. The number of rotatable bonds is 5. The predicted octanol–water partition coefficient (Wildman–Crippen LogP) is 3.08. The number of nitrogens with one attached hydrogen (secondary N) is 1. The Morgan fingerprint density at radius 1 is 1.12 bits per heavy atom. The van der Waals surface area contributed by atoms with Crippen LogP contribution in [0.1, 0.15) is 12.0 Å². The van der Waals surface area contributed by atoms with Gasteiger partial charge < -0.3 is 16.0 Å². The molecule has 5 nitrogen and oxygen atoms in total. The second kappa shape index (κ2) is 9.41. The molecule has 1 unspecified atom stereocenters. The van der Waals surface area contributed by atoms with Crippen LogP contribution in [0.3, 0.4) is 0 Å². The quantitative estimate of drug-likeness (QED) is 0.418. The first-order chi connectivity index (χ1) is 11.7. The smallest absolute Gasteiger partial charge is 0.223 e. The Morgan fingerprint density at radius 2 is 1.76 bits per heavy atom. The number of hydrogen-bond donors (Lipinski definition) is 2. The van der Waals surface area contributed by atoms with Gasteiger partial charge in [0.15, 0.2) is 5.96 Å². The van der Waals surface area contributed by atoms with Crippen LogP contribution in [0.25, 0.3) is 0 Å². The number of hydrogen-bond acceptors (Lipinski definition) is 2. The van der Waals surface area contributed by atoms with Crippen LogP contribution in [0.15, 0.2) is 65.7 Å². The van der Waals surface area contributed by atoms with Crippen molar-refractivity contribution in [1.82, 2.24) is 4.90 Å². The molecule has 1 aliphatic heterocycles. The van der Waals surface area contributed by atoms with E-state index in [1.54, 1.807) is 0 Å². The maximum atomic E-state index is 12.2. The van der Waals surface area contributed by atoms with Crippen molar-refractivity contribution >= 4 is 41.5 Å². The summed E-state index contributed by atoms with van der Waals surface area (Å²) in [6.07, 6.45) is 0.537. The molecule has 0 radical (unpaired) electrons. The topological polar surface area (TPSA) is 70.7 Å². The van der Waals surface area contributed by atoms with E-state index in [-0.39, 0.29) is 35.8 Å². The van der Waals surface area contributed by atoms with Crippen LogP contribution in [0.4, 0.5) is 5.69 Å². The molecule has 6 heteroatoms. The Balaban J connectivity index is 0.00000225. The highest BCUT2D eigenvalue weighted by Crippen LogP contribution is 2.20. The average Bonchev–Trinajstić information content (AvgIpc) is 2.95. The number of likely N-dealkylation sites (tertiary alicyclic amines) is 1. The van der Waals surface area contributed by atoms with Crippen molar-refractivity contribution in [3.63, 3.8) is 0 Å². The van der Waals surface area contributed by atoms with Crippen molar-refractivity contribution in [2.75, 3.05) is 18.4 Å². The number of nitrogens with zero attached hydrogens (tertiary/aromatic N) is 2. The summed E-state index contributed by atoms with van der Waals surface area (Å²) in [5, 5.41) is 3.06. The molecule has 132 valence electrons. The van der Waals surface area contributed by atoms with Gasteiger partial charge in [0.2, 0.25) is 5.91 Å². The molecule has 3 N–H and O–H groups in total. The van der Waals surface area contributed by atoms with Crippen LogP contribution in [0, 0.1) is 5.92 Å². The number of carbonyl (C=O) groups excluding carboxylic acids is 1. The summed E-state index contributed by atoms with van der Waals surface area (Å²) in [6.45, 7) is 1.95. The van der Waals surface area contributed by atoms with E-state index < -0.39 is 0 Å². The normalized spacial score (nSPS) is 17.3. The number of halogens is 1.